The zero-order valence-corrected chi connectivity index (χ0v) is 30.6. The van der Waals surface area contributed by atoms with Crippen LogP contribution in [0, 0.1) is 11.3 Å². The number of ether oxygens (including phenoxy) is 2. The summed E-state index contributed by atoms with van der Waals surface area (Å²) < 4.78 is 80.3. The molecule has 0 bridgehead atoms. The van der Waals surface area contributed by atoms with Crippen LogP contribution in [0.5, 0.6) is 5.75 Å². The number of alkyl carbamates (subject to hydrolysis) is 1. The lowest BCUT2D eigenvalue weighted by Crippen LogP contribution is -2.60. The Morgan fingerprint density at radius 1 is 1.08 bits per heavy atom. The monoisotopic (exact) mass is 751 g/mol. The molecule has 1 aromatic heterocycles. The summed E-state index contributed by atoms with van der Waals surface area (Å²) >= 11 is 0. The van der Waals surface area contributed by atoms with E-state index >= 15 is 0 Å². The summed E-state index contributed by atoms with van der Waals surface area (Å²) in [5.41, 5.74) is -4.77. The molecule has 1 unspecified atom stereocenters. The standard InChI is InChI=1S/C35H44F3N5O8S/c1-8-19-17-34(19,30(46)42-52(48,49)21-12-13-21)41-28(44)24-16-20(50-25-14-15-39-26-22(25)10-9-11-23(26)35(36,37)38)18-43(24)29(45)27(32(2,3)4)40-31(47)51-33(5,6)7/h8-11,14-15,19-21,24,27H,1,12-13,16-18H2,2-7H3,(H,40,47)(H,41,44)(H,42,46)/t19?,20-,24+,27-,34-/m1/s1. The number of carbonyl (C=O) groups excluding carboxylic acids is 4. The van der Waals surface area contributed by atoms with Crippen molar-refractivity contribution in [2.75, 3.05) is 6.54 Å². The number of benzene rings is 1. The lowest BCUT2D eigenvalue weighted by Gasteiger charge is -2.36. The number of likely N-dealkylation sites (tertiary alicyclic amines) is 1. The molecule has 52 heavy (non-hydrogen) atoms. The molecule has 2 saturated carbocycles. The molecule has 2 heterocycles. The Hall–Kier alpha value is -4.41. The molecule has 5 atom stereocenters. The molecule has 0 spiro atoms. The molecule has 3 N–H and O–H groups in total. The van der Waals surface area contributed by atoms with E-state index in [1.165, 1.54) is 29.2 Å². The van der Waals surface area contributed by atoms with Gasteiger partial charge in [-0.25, -0.2) is 13.2 Å². The molecule has 1 saturated heterocycles. The first-order chi connectivity index (χ1) is 24.0. The maximum Gasteiger partial charge on any atom is 0.418 e. The third-order valence-corrected chi connectivity index (χ3v) is 11.0. The second kappa shape index (κ2) is 13.5. The molecule has 3 fully saturated rings. The zero-order valence-electron chi connectivity index (χ0n) is 29.8. The minimum absolute atomic E-state index is 0.0313. The summed E-state index contributed by atoms with van der Waals surface area (Å²) in [5, 5.41) is 4.65. The molecule has 17 heteroatoms. The molecule has 1 aromatic carbocycles. The van der Waals surface area contributed by atoms with Crippen LogP contribution in [0.4, 0.5) is 18.0 Å². The van der Waals surface area contributed by atoms with Crippen LogP contribution in [0.1, 0.15) is 72.8 Å². The fourth-order valence-electron chi connectivity index (χ4n) is 6.30. The van der Waals surface area contributed by atoms with Crippen LogP contribution in [0.2, 0.25) is 0 Å². The number of hydrogen-bond donors (Lipinski definition) is 3. The number of nitrogens with zero attached hydrogens (tertiary/aromatic N) is 2. The number of amides is 4. The fraction of sp³-hybridized carbons (Fsp3) is 0.571. The van der Waals surface area contributed by atoms with Gasteiger partial charge in [0.2, 0.25) is 21.8 Å². The van der Waals surface area contributed by atoms with Crippen molar-refractivity contribution in [2.24, 2.45) is 11.3 Å². The lowest BCUT2D eigenvalue weighted by atomic mass is 9.85. The van der Waals surface area contributed by atoms with Crippen LogP contribution in [0.25, 0.3) is 10.9 Å². The second-order valence-electron chi connectivity index (χ2n) is 15.6. The SMILES string of the molecule is C=CC1C[C@]1(NC(=O)[C@@H]1C[C@@H](Oc2ccnc3c(C(F)(F)F)cccc23)CN1C(=O)[C@@H](NC(=O)OC(C)(C)C)C(C)(C)C)C(=O)NS(=O)(=O)C1CC1. The first-order valence-electron chi connectivity index (χ1n) is 16.9. The van der Waals surface area contributed by atoms with Gasteiger partial charge < -0.3 is 25.0 Å². The molecule has 0 radical (unpaired) electrons. The maximum atomic E-state index is 14.4. The van der Waals surface area contributed by atoms with Crippen molar-refractivity contribution in [3.63, 3.8) is 0 Å². The second-order valence-corrected chi connectivity index (χ2v) is 17.6. The van der Waals surface area contributed by atoms with E-state index < -0.39 is 91.5 Å². The highest BCUT2D eigenvalue weighted by Crippen LogP contribution is 2.46. The number of sulfonamides is 1. The Kier molecular flexibility index (Phi) is 10.1. The first-order valence-corrected chi connectivity index (χ1v) is 18.4. The van der Waals surface area contributed by atoms with Gasteiger partial charge in [0.1, 0.15) is 35.1 Å². The highest BCUT2D eigenvalue weighted by Gasteiger charge is 2.62. The number of fused-ring (bicyclic) bond motifs is 1. The van der Waals surface area contributed by atoms with Crippen molar-refractivity contribution in [3.8, 4) is 5.75 Å². The van der Waals surface area contributed by atoms with E-state index in [4.69, 9.17) is 9.47 Å². The van der Waals surface area contributed by atoms with Gasteiger partial charge in [0.25, 0.3) is 5.91 Å². The van der Waals surface area contributed by atoms with Crippen LogP contribution in [0.15, 0.2) is 43.1 Å². The number of rotatable bonds is 10. The van der Waals surface area contributed by atoms with Gasteiger partial charge in [0.05, 0.1) is 22.9 Å². The van der Waals surface area contributed by atoms with Crippen LogP contribution in [0.3, 0.4) is 0 Å². The van der Waals surface area contributed by atoms with E-state index in [9.17, 15) is 40.8 Å². The number of para-hydroxylation sites is 1. The van der Waals surface area contributed by atoms with Crippen LogP contribution >= 0.6 is 0 Å². The molecular formula is C35H44F3N5O8S. The molecule has 5 rings (SSSR count). The Morgan fingerprint density at radius 2 is 1.75 bits per heavy atom. The molecule has 2 aliphatic carbocycles. The number of halogens is 3. The largest absolute Gasteiger partial charge is 0.488 e. The highest BCUT2D eigenvalue weighted by molar-refractivity contribution is 7.91. The van der Waals surface area contributed by atoms with Crippen molar-refractivity contribution in [3.05, 3.63) is 48.7 Å². The molecule has 3 aliphatic rings. The van der Waals surface area contributed by atoms with Crippen LogP contribution in [-0.4, -0.2) is 83.2 Å². The summed E-state index contributed by atoms with van der Waals surface area (Å²) in [4.78, 5) is 60.0. The topological polar surface area (TPSA) is 173 Å². The van der Waals surface area contributed by atoms with Gasteiger partial charge in [-0.3, -0.25) is 24.1 Å². The fourth-order valence-corrected chi connectivity index (χ4v) is 7.66. The van der Waals surface area contributed by atoms with Gasteiger partial charge in [0, 0.05) is 23.9 Å². The number of nitrogens with one attached hydrogen (secondary N) is 3. The van der Waals surface area contributed by atoms with Gasteiger partial charge >= 0.3 is 12.3 Å². The predicted octanol–water partition coefficient (Wildman–Crippen LogP) is 4.21. The van der Waals surface area contributed by atoms with Gasteiger partial charge in [0.15, 0.2) is 0 Å². The van der Waals surface area contributed by atoms with E-state index in [1.54, 1.807) is 41.5 Å². The normalized spacial score (nSPS) is 24.1. The smallest absolute Gasteiger partial charge is 0.418 e. The lowest BCUT2D eigenvalue weighted by molar-refractivity contribution is -0.143. The predicted molar refractivity (Wildman–Crippen MR) is 183 cm³/mol. The zero-order chi connectivity index (χ0) is 38.6. The van der Waals surface area contributed by atoms with Gasteiger partial charge in [-0.2, -0.15) is 13.2 Å². The van der Waals surface area contributed by atoms with Crippen LogP contribution in [-0.2, 0) is 35.3 Å². The summed E-state index contributed by atoms with van der Waals surface area (Å²) in [6.45, 7) is 13.5. The van der Waals surface area contributed by atoms with Crippen molar-refractivity contribution < 1.29 is 50.2 Å². The van der Waals surface area contributed by atoms with Gasteiger partial charge in [-0.05, 0) is 63.6 Å². The average Bonchev–Trinajstić information content (AvgIpc) is 3.94. The molecule has 13 nitrogen and oxygen atoms in total. The van der Waals surface area contributed by atoms with E-state index in [2.05, 4.69) is 26.9 Å². The summed E-state index contributed by atoms with van der Waals surface area (Å²) in [5.74, 6) is -2.99. The average molecular weight is 752 g/mol. The van der Waals surface area contributed by atoms with E-state index in [1.807, 2.05) is 0 Å². The quantitative estimate of drug-likeness (QED) is 0.301. The van der Waals surface area contributed by atoms with Crippen molar-refractivity contribution in [1.82, 2.24) is 25.2 Å². The third kappa shape index (κ3) is 8.29. The van der Waals surface area contributed by atoms with Crippen molar-refractivity contribution in [2.45, 2.75) is 108 Å². The summed E-state index contributed by atoms with van der Waals surface area (Å²) in [6.07, 6.45) is -3.22. The minimum atomic E-state index is -4.69. The van der Waals surface area contributed by atoms with E-state index in [0.717, 1.165) is 12.3 Å². The van der Waals surface area contributed by atoms with Crippen LogP contribution < -0.4 is 20.1 Å². The third-order valence-electron chi connectivity index (χ3n) is 9.20. The summed E-state index contributed by atoms with van der Waals surface area (Å²) in [6, 6.07) is 2.37. The molecule has 2 aromatic rings. The van der Waals surface area contributed by atoms with E-state index in [0.29, 0.717) is 12.8 Å². The van der Waals surface area contributed by atoms with Gasteiger partial charge in [-0.15, -0.1) is 6.58 Å². The minimum Gasteiger partial charge on any atom is -0.488 e. The Bertz CT molecular complexity index is 1890. The number of alkyl halides is 3. The number of aromatic nitrogens is 1. The first kappa shape index (κ1) is 38.8. The number of carbonyl (C=O) groups is 4. The molecule has 4 amide bonds. The summed E-state index contributed by atoms with van der Waals surface area (Å²) in [7, 11) is -3.96. The Morgan fingerprint density at radius 3 is 2.31 bits per heavy atom. The number of pyridine rings is 1. The van der Waals surface area contributed by atoms with E-state index in [-0.39, 0.29) is 36.0 Å². The maximum absolute atomic E-state index is 14.4. The Balaban J connectivity index is 1.47. The van der Waals surface area contributed by atoms with Gasteiger partial charge in [-0.1, -0.05) is 32.9 Å². The van der Waals surface area contributed by atoms with Crippen molar-refractivity contribution in [1.29, 1.82) is 0 Å². The molecular weight excluding hydrogens is 707 g/mol. The van der Waals surface area contributed by atoms with Crippen molar-refractivity contribution >= 4 is 44.7 Å². The molecule has 1 aliphatic heterocycles. The highest BCUT2D eigenvalue weighted by atomic mass is 32.2. The number of hydrogen-bond acceptors (Lipinski definition) is 9. The molecule has 284 valence electrons. The Labute approximate surface area is 300 Å².